The van der Waals surface area contributed by atoms with E-state index in [0.717, 1.165) is 55.7 Å². The normalized spacial score (nSPS) is 19.0. The van der Waals surface area contributed by atoms with Crippen LogP contribution in [-0.4, -0.2) is 98.5 Å². The number of rotatable bonds is 14. The number of aliphatic hydroxyl groups excluding tert-OH is 1. The molecule has 3 aromatic carbocycles. The highest BCUT2D eigenvalue weighted by molar-refractivity contribution is 7.81. The van der Waals surface area contributed by atoms with Gasteiger partial charge in [-0.15, -0.1) is 11.3 Å². The van der Waals surface area contributed by atoms with Crippen LogP contribution in [0.25, 0.3) is 21.6 Å². The number of thiocarbonyl (C=S) groups is 1. The fraction of sp³-hybridized carbons (Fsp3) is 0.358. The van der Waals surface area contributed by atoms with Crippen LogP contribution < -0.4 is 25.8 Å². The molecule has 0 bridgehead atoms. The fourth-order valence-electron chi connectivity index (χ4n) is 9.32. The number of aliphatic imine (C=N–C) groups is 1. The maximum atomic E-state index is 14.0. The Morgan fingerprint density at radius 2 is 1.70 bits per heavy atom. The average molecular weight is 1030 g/mol. The maximum Gasteiger partial charge on any atom is 0.417 e. The number of hydrogen-bond acceptors (Lipinski definition) is 13. The molecule has 3 fully saturated rings. The highest BCUT2D eigenvalue weighted by Gasteiger charge is 2.51. The Morgan fingerprint density at radius 1 is 1.03 bits per heavy atom. The number of pyridine rings is 1. The summed E-state index contributed by atoms with van der Waals surface area (Å²) in [4.78, 5) is 62.2. The van der Waals surface area contributed by atoms with Gasteiger partial charge < -0.3 is 35.6 Å². The van der Waals surface area contributed by atoms with Crippen molar-refractivity contribution in [1.29, 1.82) is 5.26 Å². The van der Waals surface area contributed by atoms with Gasteiger partial charge in [0.1, 0.15) is 29.5 Å². The Kier molecular flexibility index (Phi) is 15.3. The number of benzene rings is 3. The van der Waals surface area contributed by atoms with Gasteiger partial charge in [-0.1, -0.05) is 50.2 Å². The van der Waals surface area contributed by atoms with E-state index in [1.165, 1.54) is 23.4 Å². The van der Waals surface area contributed by atoms with Crippen LogP contribution in [0.3, 0.4) is 0 Å². The van der Waals surface area contributed by atoms with Crippen molar-refractivity contribution >= 4 is 69.8 Å². The minimum atomic E-state index is -4.81. The number of nitrogens with one attached hydrogen (secondary N) is 1. The number of allylic oxidation sites excluding steroid dienone is 1. The van der Waals surface area contributed by atoms with Gasteiger partial charge in [-0.2, -0.15) is 18.4 Å². The quantitative estimate of drug-likeness (QED) is 0.0550. The van der Waals surface area contributed by atoms with E-state index in [0.29, 0.717) is 37.4 Å². The van der Waals surface area contributed by atoms with Crippen LogP contribution in [-0.2, 0) is 31.8 Å². The Labute approximate surface area is 430 Å². The van der Waals surface area contributed by atoms with E-state index in [4.69, 9.17) is 27.7 Å². The number of piperidine rings is 1. The van der Waals surface area contributed by atoms with Crippen molar-refractivity contribution in [3.63, 3.8) is 0 Å². The highest BCUT2D eigenvalue weighted by Crippen LogP contribution is 2.40. The number of thiazole rings is 1. The molecular weight excluding hydrogens is 978 g/mol. The number of amides is 3. The molecule has 0 aliphatic carbocycles. The number of aryl methyl sites for hydroxylation is 1. The molecule has 0 saturated carbocycles. The first kappa shape index (κ1) is 52.1. The first-order valence-electron chi connectivity index (χ1n) is 23.8. The minimum absolute atomic E-state index is 0.00505. The van der Waals surface area contributed by atoms with Crippen molar-refractivity contribution in [1.82, 2.24) is 20.2 Å². The van der Waals surface area contributed by atoms with Crippen molar-refractivity contribution in [2.75, 3.05) is 34.3 Å². The molecule has 3 amide bonds. The van der Waals surface area contributed by atoms with Crippen LogP contribution in [0.15, 0.2) is 108 Å². The summed E-state index contributed by atoms with van der Waals surface area (Å²) in [5.74, 6) is -0.384. The lowest BCUT2D eigenvalue weighted by Crippen LogP contribution is -2.49. The van der Waals surface area contributed by atoms with E-state index in [1.807, 2.05) is 74.8 Å². The molecule has 3 atom stereocenters. The molecule has 3 aliphatic heterocycles. The molecular formula is C53H55F3N10O5S2. The number of anilines is 3. The molecule has 380 valence electrons. The fourth-order valence-corrected chi connectivity index (χ4v) is 10.7. The van der Waals surface area contributed by atoms with E-state index >= 15 is 0 Å². The molecule has 5 heterocycles. The molecule has 0 spiro atoms. The van der Waals surface area contributed by atoms with Gasteiger partial charge in [0.25, 0.3) is 5.91 Å². The van der Waals surface area contributed by atoms with Gasteiger partial charge in [-0.25, -0.2) is 9.97 Å². The summed E-state index contributed by atoms with van der Waals surface area (Å²) in [5, 5.41) is 22.8. The van der Waals surface area contributed by atoms with Gasteiger partial charge in [0.15, 0.2) is 10.9 Å². The lowest BCUT2D eigenvalue weighted by molar-refractivity contribution is -0.140. The van der Waals surface area contributed by atoms with Crippen LogP contribution in [0, 0.1) is 24.2 Å². The van der Waals surface area contributed by atoms with Crippen LogP contribution >= 0.6 is 23.6 Å². The predicted molar refractivity (Wildman–Crippen MR) is 278 cm³/mol. The number of aromatic nitrogens is 2. The molecule has 3 aliphatic rings. The number of nitrogens with two attached hydrogens (primary N) is 1. The zero-order valence-electron chi connectivity index (χ0n) is 40.8. The molecule has 15 nitrogen and oxygen atoms in total. The number of nitrogens with zero attached hydrogens (tertiary/aromatic N) is 8. The Hall–Kier alpha value is -7.21. The van der Waals surface area contributed by atoms with Gasteiger partial charge in [-0.3, -0.25) is 24.3 Å². The molecule has 0 unspecified atom stereocenters. The third-order valence-corrected chi connectivity index (χ3v) is 14.7. The largest absolute Gasteiger partial charge is 0.487 e. The number of alkyl halides is 3. The molecule has 4 N–H and O–H groups in total. The third kappa shape index (κ3) is 11.1. The van der Waals surface area contributed by atoms with Crippen molar-refractivity contribution in [2.24, 2.45) is 16.6 Å². The number of carbonyl (C=O) groups is 3. The summed E-state index contributed by atoms with van der Waals surface area (Å²) in [6, 6.07) is 22.0. The molecule has 73 heavy (non-hydrogen) atoms. The summed E-state index contributed by atoms with van der Waals surface area (Å²) in [6.07, 6.45) is 0.131. The van der Waals surface area contributed by atoms with Crippen molar-refractivity contribution in [3.05, 3.63) is 125 Å². The Balaban J connectivity index is 0.837. The molecule has 5 aromatic rings. The number of β-amino-alcohol motifs (C(OH)–C–C–N with tert-alkyl or cyclic N) is 1. The van der Waals surface area contributed by atoms with Crippen molar-refractivity contribution < 1.29 is 37.4 Å². The number of nitriles is 1. The molecule has 3 saturated heterocycles. The van der Waals surface area contributed by atoms with Crippen LogP contribution in [0.5, 0.6) is 0 Å². The SMILES string of the molecule is Cc1ncsc1-c1ccc(CNC(=O)[C@@H]2C[C@@H](O)CN2C(=O)[C@@H](N=CC(=CN)OC2CCN(c3ccc(-c4ccc(N5C(=S)N(c6ccc(C#N)c(C(F)(F)F)c6)C(=O)C5(C)C)cc4)cn3)CC2)C(C)C)cc1. The summed E-state index contributed by atoms with van der Waals surface area (Å²) in [7, 11) is 0. The first-order chi connectivity index (χ1) is 34.8. The van der Waals surface area contributed by atoms with Crippen molar-refractivity contribution in [3.8, 4) is 27.6 Å². The van der Waals surface area contributed by atoms with E-state index in [-0.39, 0.29) is 54.1 Å². The Morgan fingerprint density at radius 3 is 2.30 bits per heavy atom. The van der Waals surface area contributed by atoms with Gasteiger partial charge in [0.05, 0.1) is 51.3 Å². The van der Waals surface area contributed by atoms with Crippen LogP contribution in [0.1, 0.15) is 69.3 Å². The standard InChI is InChI=1S/C53H55F3N10O5S2/c1-31(2)46(49(69)64-29-40(67)23-44(64)48(68)61-26-33-6-8-35(9-7-33)47-32(3)62-30-73-47)60-28-42(25-58)71-41-18-20-63(21-19-41)45-17-13-37(27-59-45)34-10-14-38(15-11-34)66-51(72)65(50(70)52(66,4)5)39-16-12-36(24-57)43(22-39)53(54,55)56/h6-17,22,25,27-28,30-31,40-41,44,46,67H,18-21,23,26,29,58H2,1-5H3,(H,61,68)/t40-,44+,46+/m1/s1. The number of ether oxygens (including phenoxy) is 1. The number of hydrogen-bond donors (Lipinski definition) is 3. The predicted octanol–water partition coefficient (Wildman–Crippen LogP) is 8.15. The highest BCUT2D eigenvalue weighted by atomic mass is 32.1. The van der Waals surface area contributed by atoms with E-state index in [2.05, 4.69) is 20.2 Å². The lowest BCUT2D eigenvalue weighted by atomic mass is 10.0. The van der Waals surface area contributed by atoms with E-state index < -0.39 is 46.9 Å². The molecule has 0 radical (unpaired) electrons. The molecule has 8 rings (SSSR count). The number of halogens is 3. The second-order valence-electron chi connectivity index (χ2n) is 19.0. The average Bonchev–Trinajstić information content (AvgIpc) is 4.04. The van der Waals surface area contributed by atoms with Gasteiger partial charge in [-0.05, 0) is 98.1 Å². The summed E-state index contributed by atoms with van der Waals surface area (Å²) in [6.45, 7) is 10.6. The molecule has 2 aromatic heterocycles. The summed E-state index contributed by atoms with van der Waals surface area (Å²) >= 11 is 7.27. The van der Waals surface area contributed by atoms with Crippen LogP contribution in [0.2, 0.25) is 0 Å². The Bertz CT molecular complexity index is 2970. The number of likely N-dealkylation sites (tertiary alicyclic amines) is 1. The molecule has 20 heteroatoms. The van der Waals surface area contributed by atoms with Crippen molar-refractivity contribution in [2.45, 2.75) is 96.4 Å². The summed E-state index contributed by atoms with van der Waals surface area (Å²) < 4.78 is 47.7. The van der Waals surface area contributed by atoms with E-state index in [9.17, 15) is 37.9 Å². The smallest absolute Gasteiger partial charge is 0.417 e. The topological polar surface area (TPSA) is 194 Å². The van der Waals surface area contributed by atoms with Gasteiger partial charge >= 0.3 is 6.18 Å². The maximum absolute atomic E-state index is 14.0. The van der Waals surface area contributed by atoms with Crippen LogP contribution in [0.4, 0.5) is 30.4 Å². The number of carbonyl (C=O) groups excluding carboxylic acids is 3. The second-order valence-corrected chi connectivity index (χ2v) is 20.2. The zero-order chi connectivity index (χ0) is 52.4. The number of aliphatic hydroxyl groups is 1. The zero-order valence-corrected chi connectivity index (χ0v) is 42.5. The summed E-state index contributed by atoms with van der Waals surface area (Å²) in [5.41, 5.74) is 9.94. The monoisotopic (exact) mass is 1030 g/mol. The first-order valence-corrected chi connectivity index (χ1v) is 25.1. The lowest BCUT2D eigenvalue weighted by Gasteiger charge is -2.33. The van der Waals surface area contributed by atoms with Gasteiger partial charge in [0.2, 0.25) is 11.8 Å². The van der Waals surface area contributed by atoms with Gasteiger partial charge in [0, 0.05) is 69.1 Å². The third-order valence-electron chi connectivity index (χ3n) is 13.3. The minimum Gasteiger partial charge on any atom is -0.487 e. The second kappa shape index (κ2) is 21.5. The van der Waals surface area contributed by atoms with E-state index in [1.54, 1.807) is 54.5 Å².